The van der Waals surface area contributed by atoms with E-state index in [1.165, 1.54) is 48.8 Å². The van der Waals surface area contributed by atoms with Crippen LogP contribution in [0.1, 0.15) is 56.7 Å². The van der Waals surface area contributed by atoms with E-state index in [9.17, 15) is 0 Å². The molecule has 0 heterocycles. The van der Waals surface area contributed by atoms with Crippen molar-refractivity contribution in [2.45, 2.75) is 59.3 Å². The van der Waals surface area contributed by atoms with Crippen molar-refractivity contribution in [3.63, 3.8) is 0 Å². The summed E-state index contributed by atoms with van der Waals surface area (Å²) in [6.45, 7) is 7.72. The summed E-state index contributed by atoms with van der Waals surface area (Å²) >= 11 is 0. The first-order valence-electron chi connectivity index (χ1n) is 7.89. The molecule has 19 heavy (non-hydrogen) atoms. The van der Waals surface area contributed by atoms with Crippen LogP contribution in [0.2, 0.25) is 0 Å². The molecule has 1 nitrogen and oxygen atoms in total. The fourth-order valence-corrected chi connectivity index (χ4v) is 2.92. The molecule has 2 rings (SSSR count). The Morgan fingerprint density at radius 3 is 2.26 bits per heavy atom. The van der Waals surface area contributed by atoms with E-state index >= 15 is 0 Å². The van der Waals surface area contributed by atoms with E-state index in [1.807, 2.05) is 0 Å². The van der Waals surface area contributed by atoms with Crippen molar-refractivity contribution in [1.82, 2.24) is 0 Å². The highest BCUT2D eigenvalue weighted by Gasteiger charge is 2.40. The van der Waals surface area contributed by atoms with E-state index in [2.05, 4.69) is 39.0 Å². The van der Waals surface area contributed by atoms with Gasteiger partial charge in [-0.3, -0.25) is 0 Å². The van der Waals surface area contributed by atoms with Gasteiger partial charge in [0.1, 0.15) is 0 Å². The van der Waals surface area contributed by atoms with Gasteiger partial charge in [0.15, 0.2) is 0 Å². The van der Waals surface area contributed by atoms with Crippen LogP contribution < -0.4 is 5.73 Å². The van der Waals surface area contributed by atoms with Crippen LogP contribution in [0.25, 0.3) is 0 Å². The van der Waals surface area contributed by atoms with Gasteiger partial charge in [-0.25, -0.2) is 0 Å². The molecule has 0 aliphatic heterocycles. The number of benzene rings is 1. The second-order valence-electron chi connectivity index (χ2n) is 6.81. The normalized spacial score (nSPS) is 16.9. The van der Waals surface area contributed by atoms with Gasteiger partial charge < -0.3 is 5.73 Å². The molecule has 0 amide bonds. The van der Waals surface area contributed by atoms with E-state index in [-0.39, 0.29) is 0 Å². The van der Waals surface area contributed by atoms with Crippen LogP contribution in [0.4, 0.5) is 0 Å². The standard InChI is InChI=1S/C18H29N/c1-4-15-10-16(5-6-18(13-19)7-8-18)12-17(11-15)9-14(2)3/h10-12,14H,4-9,13,19H2,1-3H3. The molecule has 1 aliphatic carbocycles. The monoisotopic (exact) mass is 259 g/mol. The Bertz CT molecular complexity index is 416. The average Bonchev–Trinajstić information content (AvgIpc) is 3.16. The SMILES string of the molecule is CCc1cc(CCC2(CN)CC2)cc(CC(C)C)c1. The topological polar surface area (TPSA) is 26.0 Å². The molecule has 0 radical (unpaired) electrons. The lowest BCUT2D eigenvalue weighted by Crippen LogP contribution is -2.16. The lowest BCUT2D eigenvalue weighted by atomic mass is 9.92. The summed E-state index contributed by atoms with van der Waals surface area (Å²) in [5, 5.41) is 0. The van der Waals surface area contributed by atoms with Crippen molar-refractivity contribution >= 4 is 0 Å². The lowest BCUT2D eigenvalue weighted by Gasteiger charge is -2.14. The van der Waals surface area contributed by atoms with Crippen LogP contribution in [0, 0.1) is 11.3 Å². The predicted molar refractivity (Wildman–Crippen MR) is 83.4 cm³/mol. The van der Waals surface area contributed by atoms with Crippen LogP contribution in [-0.4, -0.2) is 6.54 Å². The maximum absolute atomic E-state index is 5.88. The summed E-state index contributed by atoms with van der Waals surface area (Å²) < 4.78 is 0. The van der Waals surface area contributed by atoms with Crippen molar-refractivity contribution < 1.29 is 0 Å². The van der Waals surface area contributed by atoms with Gasteiger partial charge in [-0.15, -0.1) is 0 Å². The van der Waals surface area contributed by atoms with Gasteiger partial charge in [0.2, 0.25) is 0 Å². The molecular weight excluding hydrogens is 230 g/mol. The minimum absolute atomic E-state index is 0.500. The molecule has 0 unspecified atom stereocenters. The van der Waals surface area contributed by atoms with Crippen LogP contribution in [-0.2, 0) is 19.3 Å². The van der Waals surface area contributed by atoms with Crippen molar-refractivity contribution in [2.24, 2.45) is 17.1 Å². The van der Waals surface area contributed by atoms with Crippen LogP contribution >= 0.6 is 0 Å². The molecule has 0 bridgehead atoms. The summed E-state index contributed by atoms with van der Waals surface area (Å²) in [6.07, 6.45) is 7.50. The first kappa shape index (κ1) is 14.6. The van der Waals surface area contributed by atoms with Gasteiger partial charge >= 0.3 is 0 Å². The Hall–Kier alpha value is -0.820. The third kappa shape index (κ3) is 4.07. The molecule has 1 fully saturated rings. The Morgan fingerprint density at radius 1 is 1.11 bits per heavy atom. The molecule has 1 saturated carbocycles. The van der Waals surface area contributed by atoms with Crippen LogP contribution in [0.3, 0.4) is 0 Å². The number of hydrogen-bond acceptors (Lipinski definition) is 1. The highest BCUT2D eigenvalue weighted by molar-refractivity contribution is 5.31. The number of hydrogen-bond donors (Lipinski definition) is 1. The molecule has 1 aromatic rings. The second kappa shape index (κ2) is 6.09. The Balaban J connectivity index is 2.06. The predicted octanol–water partition coefficient (Wildman–Crippen LogP) is 4.12. The molecular formula is C18H29N. The van der Waals surface area contributed by atoms with E-state index in [1.54, 1.807) is 0 Å². The molecule has 0 spiro atoms. The number of nitrogens with two attached hydrogens (primary N) is 1. The molecule has 1 aromatic carbocycles. The summed E-state index contributed by atoms with van der Waals surface area (Å²) in [7, 11) is 0. The van der Waals surface area contributed by atoms with Gasteiger partial charge in [0.25, 0.3) is 0 Å². The lowest BCUT2D eigenvalue weighted by molar-refractivity contribution is 0.478. The number of aryl methyl sites for hydroxylation is 2. The summed E-state index contributed by atoms with van der Waals surface area (Å²) in [5.74, 6) is 0.735. The first-order valence-corrected chi connectivity index (χ1v) is 7.89. The van der Waals surface area contributed by atoms with E-state index in [0.29, 0.717) is 5.41 Å². The molecule has 1 aliphatic rings. The maximum atomic E-state index is 5.88. The van der Waals surface area contributed by atoms with E-state index in [4.69, 9.17) is 5.73 Å². The molecule has 0 aromatic heterocycles. The van der Waals surface area contributed by atoms with E-state index < -0.39 is 0 Å². The van der Waals surface area contributed by atoms with Crippen molar-refractivity contribution in [2.75, 3.05) is 6.54 Å². The zero-order valence-corrected chi connectivity index (χ0v) is 12.8. The van der Waals surface area contributed by atoms with Gasteiger partial charge in [-0.2, -0.15) is 0 Å². The molecule has 2 N–H and O–H groups in total. The van der Waals surface area contributed by atoms with Crippen molar-refractivity contribution in [3.05, 3.63) is 34.9 Å². The second-order valence-corrected chi connectivity index (χ2v) is 6.81. The third-order valence-electron chi connectivity index (χ3n) is 4.50. The van der Waals surface area contributed by atoms with Crippen molar-refractivity contribution in [3.8, 4) is 0 Å². The zero-order chi connectivity index (χ0) is 13.9. The highest BCUT2D eigenvalue weighted by Crippen LogP contribution is 2.48. The average molecular weight is 259 g/mol. The largest absolute Gasteiger partial charge is 0.330 e. The fourth-order valence-electron chi connectivity index (χ4n) is 2.92. The molecule has 0 atom stereocenters. The summed E-state index contributed by atoms with van der Waals surface area (Å²) in [4.78, 5) is 0. The van der Waals surface area contributed by atoms with Gasteiger partial charge in [-0.05, 0) is 73.1 Å². The Labute approximate surface area is 118 Å². The van der Waals surface area contributed by atoms with E-state index in [0.717, 1.165) is 18.9 Å². The summed E-state index contributed by atoms with van der Waals surface area (Å²) in [6, 6.07) is 7.21. The minimum atomic E-state index is 0.500. The highest BCUT2D eigenvalue weighted by atomic mass is 14.6. The zero-order valence-electron chi connectivity index (χ0n) is 12.8. The van der Waals surface area contributed by atoms with Gasteiger partial charge in [-0.1, -0.05) is 39.0 Å². The maximum Gasteiger partial charge on any atom is -0.00204 e. The Morgan fingerprint density at radius 2 is 1.74 bits per heavy atom. The van der Waals surface area contributed by atoms with Gasteiger partial charge in [0, 0.05) is 0 Å². The third-order valence-corrected chi connectivity index (χ3v) is 4.50. The molecule has 1 heteroatoms. The van der Waals surface area contributed by atoms with Crippen LogP contribution in [0.5, 0.6) is 0 Å². The summed E-state index contributed by atoms with van der Waals surface area (Å²) in [5.41, 5.74) is 10.9. The minimum Gasteiger partial charge on any atom is -0.330 e. The quantitative estimate of drug-likeness (QED) is 0.783. The molecule has 0 saturated heterocycles. The fraction of sp³-hybridized carbons (Fsp3) is 0.667. The first-order chi connectivity index (χ1) is 9.07. The van der Waals surface area contributed by atoms with Gasteiger partial charge in [0.05, 0.1) is 0 Å². The van der Waals surface area contributed by atoms with Crippen molar-refractivity contribution in [1.29, 1.82) is 0 Å². The number of rotatable bonds is 7. The smallest absolute Gasteiger partial charge is 0.00204 e. The Kier molecular flexibility index (Phi) is 4.67. The molecule has 106 valence electrons. The van der Waals surface area contributed by atoms with Crippen LogP contribution in [0.15, 0.2) is 18.2 Å².